The zero-order valence-electron chi connectivity index (χ0n) is 15.9. The molecule has 0 aromatic carbocycles. The van der Waals surface area contributed by atoms with Crippen LogP contribution in [0.15, 0.2) is 40.0 Å². The van der Waals surface area contributed by atoms with Crippen LogP contribution in [0.1, 0.15) is 25.5 Å². The van der Waals surface area contributed by atoms with E-state index in [1.807, 2.05) is 19.1 Å². The summed E-state index contributed by atoms with van der Waals surface area (Å²) in [6.07, 6.45) is 4.08. The second-order valence-corrected chi connectivity index (χ2v) is 6.83. The highest BCUT2D eigenvalue weighted by Gasteiger charge is 2.42. The summed E-state index contributed by atoms with van der Waals surface area (Å²) in [5.41, 5.74) is 1.01. The Bertz CT molecular complexity index is 600. The van der Waals surface area contributed by atoms with Crippen molar-refractivity contribution in [1.29, 1.82) is 0 Å². The van der Waals surface area contributed by atoms with E-state index in [0.717, 1.165) is 43.1 Å². The van der Waals surface area contributed by atoms with Crippen molar-refractivity contribution in [3.63, 3.8) is 0 Å². The van der Waals surface area contributed by atoms with E-state index in [1.165, 1.54) is 0 Å². The molecule has 1 aromatic rings. The molecule has 1 atom stereocenters. The molecular weight excluding hydrogens is 461 g/mol. The molecule has 2 aliphatic heterocycles. The Morgan fingerprint density at radius 2 is 2.15 bits per heavy atom. The number of ether oxygens (including phenoxy) is 3. The van der Waals surface area contributed by atoms with Crippen LogP contribution in [0.2, 0.25) is 0 Å². The molecule has 3 rings (SSSR count). The summed E-state index contributed by atoms with van der Waals surface area (Å²) in [6, 6.07) is 3.87. The van der Waals surface area contributed by atoms with Gasteiger partial charge in [0.2, 0.25) is 0 Å². The SMILES string of the molecule is C=C(C)CN=C(NCCc1ccco1)NCC1COC2(CCOCC2)O1.I. The van der Waals surface area contributed by atoms with Gasteiger partial charge < -0.3 is 29.3 Å². The van der Waals surface area contributed by atoms with Crippen LogP contribution in [-0.4, -0.2) is 57.3 Å². The van der Waals surface area contributed by atoms with E-state index in [-0.39, 0.29) is 30.1 Å². The van der Waals surface area contributed by atoms with Crippen molar-refractivity contribution in [1.82, 2.24) is 10.6 Å². The van der Waals surface area contributed by atoms with Gasteiger partial charge in [-0.2, -0.15) is 0 Å². The Balaban J connectivity index is 0.00000261. The Labute approximate surface area is 177 Å². The van der Waals surface area contributed by atoms with Gasteiger partial charge in [-0.1, -0.05) is 12.2 Å². The van der Waals surface area contributed by atoms with Gasteiger partial charge in [-0.25, -0.2) is 4.99 Å². The molecule has 3 heterocycles. The third-order valence-corrected chi connectivity index (χ3v) is 4.42. The smallest absolute Gasteiger partial charge is 0.191 e. The first kappa shape index (κ1) is 22.2. The van der Waals surface area contributed by atoms with Gasteiger partial charge in [0.05, 0.1) is 32.6 Å². The number of hydrogen-bond acceptors (Lipinski definition) is 5. The van der Waals surface area contributed by atoms with Gasteiger partial charge in [-0.15, -0.1) is 24.0 Å². The quantitative estimate of drug-likeness (QED) is 0.264. The number of nitrogens with one attached hydrogen (secondary N) is 2. The van der Waals surface area contributed by atoms with Gasteiger partial charge in [0.25, 0.3) is 0 Å². The lowest BCUT2D eigenvalue weighted by atomic mass is 10.1. The second-order valence-electron chi connectivity index (χ2n) is 6.83. The first-order chi connectivity index (χ1) is 12.7. The molecule has 1 aromatic heterocycles. The zero-order chi connectivity index (χ0) is 18.2. The van der Waals surface area contributed by atoms with Gasteiger partial charge in [-0.3, -0.25) is 0 Å². The Kier molecular flexibility index (Phi) is 9.07. The molecule has 0 radical (unpaired) electrons. The predicted octanol–water partition coefficient (Wildman–Crippen LogP) is 2.47. The van der Waals surface area contributed by atoms with Gasteiger partial charge in [0.15, 0.2) is 11.7 Å². The van der Waals surface area contributed by atoms with Crippen LogP contribution in [0, 0.1) is 0 Å². The summed E-state index contributed by atoms with van der Waals surface area (Å²) in [4.78, 5) is 4.55. The van der Waals surface area contributed by atoms with Crippen LogP contribution in [0.25, 0.3) is 0 Å². The fourth-order valence-corrected chi connectivity index (χ4v) is 3.02. The van der Waals surface area contributed by atoms with Crippen LogP contribution in [0.4, 0.5) is 0 Å². The molecule has 8 heteroatoms. The van der Waals surface area contributed by atoms with E-state index < -0.39 is 5.79 Å². The van der Waals surface area contributed by atoms with Crippen molar-refractivity contribution in [2.24, 2.45) is 4.99 Å². The number of furan rings is 1. The van der Waals surface area contributed by atoms with Crippen LogP contribution in [-0.2, 0) is 20.6 Å². The summed E-state index contributed by atoms with van der Waals surface area (Å²) in [5, 5.41) is 6.68. The highest BCUT2D eigenvalue weighted by molar-refractivity contribution is 14.0. The minimum Gasteiger partial charge on any atom is -0.469 e. The summed E-state index contributed by atoms with van der Waals surface area (Å²) in [7, 11) is 0. The lowest BCUT2D eigenvalue weighted by Crippen LogP contribution is -2.44. The van der Waals surface area contributed by atoms with Crippen molar-refractivity contribution < 1.29 is 18.6 Å². The maximum atomic E-state index is 6.15. The topological polar surface area (TPSA) is 77.3 Å². The molecule has 0 amide bonds. The molecule has 2 saturated heterocycles. The zero-order valence-corrected chi connectivity index (χ0v) is 18.2. The monoisotopic (exact) mass is 491 g/mol. The third-order valence-electron chi connectivity index (χ3n) is 4.42. The summed E-state index contributed by atoms with van der Waals surface area (Å²) < 4.78 is 22.8. The molecule has 7 nitrogen and oxygen atoms in total. The van der Waals surface area contributed by atoms with E-state index in [4.69, 9.17) is 18.6 Å². The van der Waals surface area contributed by atoms with Crippen LogP contribution in [0.5, 0.6) is 0 Å². The lowest BCUT2D eigenvalue weighted by Gasteiger charge is -2.31. The number of guanidine groups is 1. The van der Waals surface area contributed by atoms with E-state index in [0.29, 0.717) is 32.9 Å². The number of halogens is 1. The molecule has 27 heavy (non-hydrogen) atoms. The predicted molar refractivity (Wildman–Crippen MR) is 115 cm³/mol. The average Bonchev–Trinajstić information content (AvgIpc) is 3.28. The van der Waals surface area contributed by atoms with E-state index >= 15 is 0 Å². The molecule has 0 bridgehead atoms. The minimum absolute atomic E-state index is 0. The van der Waals surface area contributed by atoms with Gasteiger partial charge >= 0.3 is 0 Å². The van der Waals surface area contributed by atoms with Gasteiger partial charge in [0, 0.05) is 32.4 Å². The molecule has 0 aliphatic carbocycles. The minimum atomic E-state index is -0.452. The fraction of sp³-hybridized carbons (Fsp3) is 0.632. The van der Waals surface area contributed by atoms with Gasteiger partial charge in [-0.05, 0) is 19.1 Å². The largest absolute Gasteiger partial charge is 0.469 e. The maximum absolute atomic E-state index is 6.15. The first-order valence-corrected chi connectivity index (χ1v) is 9.24. The maximum Gasteiger partial charge on any atom is 0.191 e. The standard InChI is InChI=1S/C19H29N3O4.HI/c1-15(2)12-21-18(20-8-5-16-4-3-9-24-16)22-13-17-14-25-19(26-17)6-10-23-11-7-19;/h3-4,9,17H,1,5-8,10-14H2,2H3,(H2,20,21,22);1H. The highest BCUT2D eigenvalue weighted by atomic mass is 127. The normalized spacial score (nSPS) is 21.7. The average molecular weight is 491 g/mol. The van der Waals surface area contributed by atoms with E-state index in [9.17, 15) is 0 Å². The molecule has 2 aliphatic rings. The Morgan fingerprint density at radius 1 is 1.33 bits per heavy atom. The first-order valence-electron chi connectivity index (χ1n) is 9.24. The van der Waals surface area contributed by atoms with Crippen LogP contribution < -0.4 is 10.6 Å². The Morgan fingerprint density at radius 3 is 2.85 bits per heavy atom. The third kappa shape index (κ3) is 7.10. The summed E-state index contributed by atoms with van der Waals surface area (Å²) >= 11 is 0. The van der Waals surface area contributed by atoms with E-state index in [1.54, 1.807) is 6.26 Å². The lowest BCUT2D eigenvalue weighted by molar-refractivity contribution is -0.210. The summed E-state index contributed by atoms with van der Waals surface area (Å²) in [6.45, 7) is 9.81. The number of aliphatic imine (C=N–C) groups is 1. The van der Waals surface area contributed by atoms with Crippen molar-refractivity contribution in [3.05, 3.63) is 36.3 Å². The number of rotatable bonds is 7. The van der Waals surface area contributed by atoms with Crippen molar-refractivity contribution in [2.75, 3.05) is 39.5 Å². The number of hydrogen-bond donors (Lipinski definition) is 2. The van der Waals surface area contributed by atoms with Gasteiger partial charge in [0.1, 0.15) is 11.9 Å². The molecule has 1 unspecified atom stereocenters. The number of nitrogens with zero attached hydrogens (tertiary/aromatic N) is 1. The second kappa shape index (κ2) is 11.0. The molecule has 2 fully saturated rings. The fourth-order valence-electron chi connectivity index (χ4n) is 3.02. The molecule has 0 saturated carbocycles. The van der Waals surface area contributed by atoms with Crippen molar-refractivity contribution >= 4 is 29.9 Å². The van der Waals surface area contributed by atoms with Crippen LogP contribution >= 0.6 is 24.0 Å². The van der Waals surface area contributed by atoms with Crippen molar-refractivity contribution in [2.45, 2.75) is 38.1 Å². The molecular formula is C19H30IN3O4. The van der Waals surface area contributed by atoms with Crippen LogP contribution in [0.3, 0.4) is 0 Å². The molecule has 1 spiro atoms. The van der Waals surface area contributed by atoms with Crippen molar-refractivity contribution in [3.8, 4) is 0 Å². The molecule has 152 valence electrons. The highest BCUT2D eigenvalue weighted by Crippen LogP contribution is 2.32. The Hall–Kier alpha value is -1.10. The van der Waals surface area contributed by atoms with E-state index in [2.05, 4.69) is 22.2 Å². The molecule has 2 N–H and O–H groups in total. The summed E-state index contributed by atoms with van der Waals surface area (Å²) in [5.74, 6) is 1.24.